The van der Waals surface area contributed by atoms with Crippen LogP contribution < -0.4 is 0 Å². The van der Waals surface area contributed by atoms with E-state index in [1.54, 1.807) is 18.5 Å². The van der Waals surface area contributed by atoms with Crippen molar-refractivity contribution in [3.8, 4) is 0 Å². The molecule has 0 aliphatic carbocycles. The number of aryl methyl sites for hydroxylation is 2. The van der Waals surface area contributed by atoms with Gasteiger partial charge in [0.2, 0.25) is 0 Å². The van der Waals surface area contributed by atoms with E-state index in [2.05, 4.69) is 9.97 Å². The second kappa shape index (κ2) is 11.8. The van der Waals surface area contributed by atoms with Gasteiger partial charge in [-0.1, -0.05) is 39.8 Å². The molecular weight excluding hydrogens is 420 g/mol. The summed E-state index contributed by atoms with van der Waals surface area (Å²) in [6.45, 7) is 11.7. The zero-order chi connectivity index (χ0) is 22.1. The molecular formula is C21H24F4N2S2. The molecule has 0 aliphatic heterocycles. The van der Waals surface area contributed by atoms with Gasteiger partial charge in [0.15, 0.2) is 5.01 Å². The fraction of sp³-hybridized carbons (Fsp3) is 0.333. The number of thiazole rings is 2. The summed E-state index contributed by atoms with van der Waals surface area (Å²) < 4.78 is 51.6. The van der Waals surface area contributed by atoms with E-state index in [1.165, 1.54) is 29.5 Å². The Morgan fingerprint density at radius 3 is 1.79 bits per heavy atom. The van der Waals surface area contributed by atoms with Crippen LogP contribution in [0.5, 0.6) is 0 Å². The molecule has 2 nitrogen and oxygen atoms in total. The molecule has 158 valence electrons. The molecule has 0 spiro atoms. The first-order chi connectivity index (χ1) is 13.9. The Kier molecular flexibility index (Phi) is 10.2. The minimum Gasteiger partial charge on any atom is -0.244 e. The SMILES string of the molecule is CC.CC.Cc1ccc(F)c2sc(C(F)F)nc12.Cc1ccc(F)c2scnc12. The lowest BCUT2D eigenvalue weighted by atomic mass is 10.2. The van der Waals surface area contributed by atoms with Crippen LogP contribution in [0.2, 0.25) is 0 Å². The van der Waals surface area contributed by atoms with Gasteiger partial charge in [0.1, 0.15) is 11.6 Å². The predicted octanol–water partition coefficient (Wildman–Crippen LogP) is 8.48. The van der Waals surface area contributed by atoms with E-state index in [-0.39, 0.29) is 15.5 Å². The van der Waals surface area contributed by atoms with Gasteiger partial charge in [0.05, 0.1) is 25.9 Å². The molecule has 29 heavy (non-hydrogen) atoms. The molecule has 0 unspecified atom stereocenters. The standard InChI is InChI=1S/C9H6F3NS.C8H6FNS.2C2H6/c1-4-2-3-5(10)7-6(4)13-9(14-7)8(11)12;1-5-2-3-6(9)8-7(5)10-4-11-8;2*1-2/h2-3,8H,1H3;2-4H,1H3;2*1-2H3. The van der Waals surface area contributed by atoms with Crippen LogP contribution in [0.3, 0.4) is 0 Å². The summed E-state index contributed by atoms with van der Waals surface area (Å²) in [5, 5.41) is -0.326. The number of aromatic nitrogens is 2. The van der Waals surface area contributed by atoms with E-state index in [4.69, 9.17) is 0 Å². The zero-order valence-corrected chi connectivity index (χ0v) is 18.8. The van der Waals surface area contributed by atoms with Crippen LogP contribution >= 0.6 is 22.7 Å². The summed E-state index contributed by atoms with van der Waals surface area (Å²) in [7, 11) is 0. The number of alkyl halides is 2. The molecule has 0 aliphatic rings. The highest BCUT2D eigenvalue weighted by Gasteiger charge is 2.16. The normalized spacial score (nSPS) is 10.0. The van der Waals surface area contributed by atoms with Gasteiger partial charge in [0, 0.05) is 0 Å². The number of benzene rings is 2. The average molecular weight is 445 g/mol. The van der Waals surface area contributed by atoms with E-state index in [0.29, 0.717) is 27.1 Å². The third-order valence-corrected chi connectivity index (χ3v) is 5.44. The Morgan fingerprint density at radius 2 is 1.31 bits per heavy atom. The van der Waals surface area contributed by atoms with E-state index < -0.39 is 12.2 Å². The summed E-state index contributed by atoms with van der Waals surface area (Å²) in [5.74, 6) is -0.664. The van der Waals surface area contributed by atoms with Crippen LogP contribution in [0, 0.1) is 25.5 Å². The molecule has 0 amide bonds. The highest BCUT2D eigenvalue weighted by Crippen LogP contribution is 2.32. The van der Waals surface area contributed by atoms with Crippen molar-refractivity contribution in [3.05, 3.63) is 57.5 Å². The van der Waals surface area contributed by atoms with Crippen LogP contribution in [-0.2, 0) is 0 Å². The first-order valence-electron chi connectivity index (χ1n) is 9.20. The molecule has 0 saturated heterocycles. The summed E-state index contributed by atoms with van der Waals surface area (Å²) in [5.41, 5.74) is 4.54. The third kappa shape index (κ3) is 5.96. The van der Waals surface area contributed by atoms with Gasteiger partial charge in [-0.3, -0.25) is 0 Å². The number of nitrogens with zero attached hydrogens (tertiary/aromatic N) is 2. The minimum absolute atomic E-state index is 0.173. The topological polar surface area (TPSA) is 25.8 Å². The van der Waals surface area contributed by atoms with Crippen molar-refractivity contribution >= 4 is 43.1 Å². The molecule has 2 aromatic heterocycles. The molecule has 0 radical (unpaired) electrons. The summed E-state index contributed by atoms with van der Waals surface area (Å²) in [4.78, 5) is 7.76. The number of hydrogen-bond donors (Lipinski definition) is 0. The van der Waals surface area contributed by atoms with Crippen molar-refractivity contribution in [2.24, 2.45) is 0 Å². The maximum Gasteiger partial charge on any atom is 0.289 e. The predicted molar refractivity (Wildman–Crippen MR) is 116 cm³/mol. The number of rotatable bonds is 1. The van der Waals surface area contributed by atoms with E-state index >= 15 is 0 Å². The van der Waals surface area contributed by atoms with Crippen LogP contribution in [0.4, 0.5) is 17.6 Å². The molecule has 4 aromatic rings. The first kappa shape index (κ1) is 25.0. The van der Waals surface area contributed by atoms with E-state index in [1.807, 2.05) is 34.6 Å². The second-order valence-corrected chi connectivity index (χ2v) is 7.17. The van der Waals surface area contributed by atoms with Gasteiger partial charge in [-0.15, -0.1) is 22.7 Å². The average Bonchev–Trinajstić information content (AvgIpc) is 3.40. The lowest BCUT2D eigenvalue weighted by Crippen LogP contribution is -1.82. The first-order valence-corrected chi connectivity index (χ1v) is 10.9. The second-order valence-electron chi connectivity index (χ2n) is 5.29. The summed E-state index contributed by atoms with van der Waals surface area (Å²) >= 11 is 2.05. The molecule has 0 atom stereocenters. The Labute approximate surface area is 176 Å². The number of halogens is 4. The smallest absolute Gasteiger partial charge is 0.244 e. The van der Waals surface area contributed by atoms with Crippen molar-refractivity contribution in [2.45, 2.75) is 48.0 Å². The van der Waals surface area contributed by atoms with Gasteiger partial charge in [0.25, 0.3) is 6.43 Å². The Hall–Kier alpha value is -2.06. The maximum absolute atomic E-state index is 13.2. The van der Waals surface area contributed by atoms with Crippen molar-refractivity contribution in [1.29, 1.82) is 0 Å². The summed E-state index contributed by atoms with van der Waals surface area (Å²) in [6.07, 6.45) is -2.63. The van der Waals surface area contributed by atoms with Crippen LogP contribution in [0.25, 0.3) is 20.4 Å². The minimum atomic E-state index is -2.63. The Balaban J connectivity index is 0.000000252. The number of fused-ring (bicyclic) bond motifs is 2. The highest BCUT2D eigenvalue weighted by molar-refractivity contribution is 7.18. The van der Waals surface area contributed by atoms with Crippen LogP contribution in [0.1, 0.15) is 50.3 Å². The third-order valence-electron chi connectivity index (χ3n) is 3.54. The molecule has 0 saturated carbocycles. The lowest BCUT2D eigenvalue weighted by Gasteiger charge is -1.93. The van der Waals surface area contributed by atoms with E-state index in [0.717, 1.165) is 11.1 Å². The van der Waals surface area contributed by atoms with Crippen LogP contribution in [-0.4, -0.2) is 9.97 Å². The van der Waals surface area contributed by atoms with Gasteiger partial charge < -0.3 is 0 Å². The fourth-order valence-corrected chi connectivity index (χ4v) is 3.93. The maximum atomic E-state index is 13.2. The van der Waals surface area contributed by atoms with Crippen molar-refractivity contribution in [1.82, 2.24) is 9.97 Å². The molecule has 0 fully saturated rings. The van der Waals surface area contributed by atoms with Gasteiger partial charge >= 0.3 is 0 Å². The Morgan fingerprint density at radius 1 is 0.793 bits per heavy atom. The number of hydrogen-bond acceptors (Lipinski definition) is 4. The Bertz CT molecular complexity index is 967. The van der Waals surface area contributed by atoms with Gasteiger partial charge in [-0.2, -0.15) is 0 Å². The zero-order valence-electron chi connectivity index (χ0n) is 17.2. The van der Waals surface area contributed by atoms with E-state index in [9.17, 15) is 17.6 Å². The summed E-state index contributed by atoms with van der Waals surface area (Å²) in [6, 6.07) is 6.03. The largest absolute Gasteiger partial charge is 0.289 e. The quantitative estimate of drug-likeness (QED) is 0.275. The van der Waals surface area contributed by atoms with Crippen molar-refractivity contribution < 1.29 is 17.6 Å². The fourth-order valence-electron chi connectivity index (χ4n) is 2.26. The lowest BCUT2D eigenvalue weighted by molar-refractivity contribution is 0.151. The molecule has 0 N–H and O–H groups in total. The monoisotopic (exact) mass is 444 g/mol. The highest BCUT2D eigenvalue weighted by atomic mass is 32.1. The van der Waals surface area contributed by atoms with Gasteiger partial charge in [-0.05, 0) is 37.1 Å². The van der Waals surface area contributed by atoms with Crippen molar-refractivity contribution in [3.63, 3.8) is 0 Å². The van der Waals surface area contributed by atoms with Crippen LogP contribution in [0.15, 0.2) is 29.8 Å². The van der Waals surface area contributed by atoms with Gasteiger partial charge in [-0.25, -0.2) is 27.5 Å². The molecule has 8 heteroatoms. The van der Waals surface area contributed by atoms with Crippen molar-refractivity contribution in [2.75, 3.05) is 0 Å². The molecule has 2 aromatic carbocycles. The molecule has 2 heterocycles. The molecule has 4 rings (SSSR count). The molecule has 0 bridgehead atoms.